The fourth-order valence-electron chi connectivity index (χ4n) is 3.38. The molecule has 2 heterocycles. The first-order valence-electron chi connectivity index (χ1n) is 8.99. The summed E-state index contributed by atoms with van der Waals surface area (Å²) in [6.45, 7) is 1.55. The molecule has 1 N–H and O–H groups in total. The van der Waals surface area contributed by atoms with Gasteiger partial charge < -0.3 is 19.7 Å². The van der Waals surface area contributed by atoms with Crippen molar-refractivity contribution in [2.24, 2.45) is 0 Å². The summed E-state index contributed by atoms with van der Waals surface area (Å²) in [5.41, 5.74) is 3.08. The van der Waals surface area contributed by atoms with Crippen LogP contribution >= 0.6 is 0 Å². The highest BCUT2D eigenvalue weighted by molar-refractivity contribution is 5.60. The minimum atomic E-state index is -0.295. The molecule has 0 radical (unpaired) electrons. The number of benzene rings is 2. The molecule has 0 aliphatic carbocycles. The van der Waals surface area contributed by atoms with Crippen LogP contribution in [0.3, 0.4) is 0 Å². The first kappa shape index (κ1) is 18.0. The van der Waals surface area contributed by atoms with E-state index in [1.807, 2.05) is 18.2 Å². The summed E-state index contributed by atoms with van der Waals surface area (Å²) in [6, 6.07) is 12.2. The van der Waals surface area contributed by atoms with Gasteiger partial charge >= 0.3 is 0 Å². The number of nitrogens with zero attached hydrogens (tertiary/aromatic N) is 3. The number of hydrogen-bond acceptors (Lipinski definition) is 6. The van der Waals surface area contributed by atoms with Gasteiger partial charge in [-0.2, -0.15) is 0 Å². The predicted molar refractivity (Wildman–Crippen MR) is 106 cm³/mol. The Hall–Kier alpha value is -3.35. The lowest BCUT2D eigenvalue weighted by molar-refractivity contribution is 0.353. The van der Waals surface area contributed by atoms with Crippen molar-refractivity contribution in [1.29, 1.82) is 0 Å². The van der Waals surface area contributed by atoms with Gasteiger partial charge in [0, 0.05) is 24.8 Å². The molecule has 1 aliphatic heterocycles. The highest BCUT2D eigenvalue weighted by Crippen LogP contribution is 2.34. The van der Waals surface area contributed by atoms with Gasteiger partial charge in [0.1, 0.15) is 23.8 Å². The maximum absolute atomic E-state index is 13.4. The number of aromatic nitrogens is 2. The van der Waals surface area contributed by atoms with E-state index in [1.54, 1.807) is 26.4 Å². The van der Waals surface area contributed by atoms with E-state index >= 15 is 0 Å². The van der Waals surface area contributed by atoms with Crippen LogP contribution < -0.4 is 19.7 Å². The molecular formula is C21H21FN4O2. The summed E-state index contributed by atoms with van der Waals surface area (Å²) >= 11 is 0. The fraction of sp³-hybridized carbons (Fsp3) is 0.238. The summed E-state index contributed by atoms with van der Waals surface area (Å²) in [6.07, 6.45) is 2.40. The van der Waals surface area contributed by atoms with Gasteiger partial charge in [0.15, 0.2) is 11.5 Å². The summed E-state index contributed by atoms with van der Waals surface area (Å²) in [4.78, 5) is 10.8. The molecule has 1 aliphatic rings. The summed E-state index contributed by atoms with van der Waals surface area (Å²) in [7, 11) is 3.28. The molecule has 6 nitrogen and oxygen atoms in total. The Morgan fingerprint density at radius 2 is 1.79 bits per heavy atom. The minimum absolute atomic E-state index is 0.295. The third-order valence-electron chi connectivity index (χ3n) is 4.79. The second-order valence-electron chi connectivity index (χ2n) is 6.54. The highest BCUT2D eigenvalue weighted by atomic mass is 19.1. The summed E-state index contributed by atoms with van der Waals surface area (Å²) in [5.74, 6) is 2.61. The van der Waals surface area contributed by atoms with E-state index in [9.17, 15) is 4.39 Å². The normalized spacial score (nSPS) is 13.0. The number of fused-ring (bicyclic) bond motifs is 1. The van der Waals surface area contributed by atoms with Crippen LogP contribution in [0.4, 0.5) is 21.7 Å². The van der Waals surface area contributed by atoms with Gasteiger partial charge in [-0.3, -0.25) is 0 Å². The smallest absolute Gasteiger partial charge is 0.161 e. The number of nitrogens with one attached hydrogen (secondary N) is 1. The predicted octanol–water partition coefficient (Wildman–Crippen LogP) is 3.94. The topological polar surface area (TPSA) is 59.5 Å². The standard InChI is InChI=1S/C21H21FN4O2/c1-27-18-8-14-6-7-26(12-15(14)9-19(18)28-2)21-11-20(23-13-24-21)25-17-5-3-4-16(22)10-17/h3-5,8-11,13H,6-7,12H2,1-2H3,(H,23,24,25). The average Bonchev–Trinajstić information content (AvgIpc) is 2.72. The Balaban J connectivity index is 1.56. The van der Waals surface area contributed by atoms with Crippen LogP contribution in [-0.4, -0.2) is 30.7 Å². The molecule has 28 heavy (non-hydrogen) atoms. The van der Waals surface area contributed by atoms with Crippen LogP contribution in [-0.2, 0) is 13.0 Å². The van der Waals surface area contributed by atoms with Crippen molar-refractivity contribution >= 4 is 17.3 Å². The molecule has 3 aromatic rings. The van der Waals surface area contributed by atoms with Gasteiger partial charge in [-0.05, 0) is 47.9 Å². The van der Waals surface area contributed by atoms with E-state index < -0.39 is 0 Å². The monoisotopic (exact) mass is 380 g/mol. The van der Waals surface area contributed by atoms with E-state index in [4.69, 9.17) is 9.47 Å². The van der Waals surface area contributed by atoms with Gasteiger partial charge in [0.2, 0.25) is 0 Å². The molecule has 0 amide bonds. The van der Waals surface area contributed by atoms with Gasteiger partial charge in [-0.15, -0.1) is 0 Å². The SMILES string of the molecule is COc1cc2c(cc1OC)CN(c1cc(Nc3cccc(F)c3)ncn1)CC2. The highest BCUT2D eigenvalue weighted by Gasteiger charge is 2.20. The number of rotatable bonds is 5. The fourth-order valence-corrected chi connectivity index (χ4v) is 3.38. The van der Waals surface area contributed by atoms with Gasteiger partial charge in [-0.25, -0.2) is 14.4 Å². The Morgan fingerprint density at radius 1 is 1.00 bits per heavy atom. The molecule has 4 rings (SSSR count). The maximum Gasteiger partial charge on any atom is 0.161 e. The van der Waals surface area contributed by atoms with Gasteiger partial charge in [0.05, 0.1) is 14.2 Å². The molecule has 2 aromatic carbocycles. The van der Waals surface area contributed by atoms with Crippen molar-refractivity contribution in [3.8, 4) is 11.5 Å². The molecule has 0 bridgehead atoms. The molecule has 144 valence electrons. The van der Waals surface area contributed by atoms with Crippen LogP contribution in [0.2, 0.25) is 0 Å². The lowest BCUT2D eigenvalue weighted by atomic mass is 9.99. The summed E-state index contributed by atoms with van der Waals surface area (Å²) < 4.78 is 24.2. The average molecular weight is 380 g/mol. The zero-order chi connectivity index (χ0) is 19.5. The third-order valence-corrected chi connectivity index (χ3v) is 4.79. The Morgan fingerprint density at radius 3 is 2.54 bits per heavy atom. The van der Waals surface area contributed by atoms with Crippen molar-refractivity contribution in [3.05, 3.63) is 65.7 Å². The molecule has 0 saturated carbocycles. The lowest BCUT2D eigenvalue weighted by Gasteiger charge is -2.30. The van der Waals surface area contributed by atoms with Crippen molar-refractivity contribution < 1.29 is 13.9 Å². The van der Waals surface area contributed by atoms with E-state index in [0.717, 1.165) is 30.3 Å². The molecule has 0 spiro atoms. The number of hydrogen-bond donors (Lipinski definition) is 1. The van der Waals surface area contributed by atoms with Crippen LogP contribution in [0.5, 0.6) is 11.5 Å². The van der Waals surface area contributed by atoms with Crippen LogP contribution in [0.25, 0.3) is 0 Å². The lowest BCUT2D eigenvalue weighted by Crippen LogP contribution is -2.31. The van der Waals surface area contributed by atoms with Crippen molar-refractivity contribution in [3.63, 3.8) is 0 Å². The van der Waals surface area contributed by atoms with Crippen LogP contribution in [0.15, 0.2) is 48.8 Å². The first-order valence-corrected chi connectivity index (χ1v) is 8.99. The third kappa shape index (κ3) is 3.69. The van der Waals surface area contributed by atoms with E-state index in [-0.39, 0.29) is 5.82 Å². The Kier molecular flexibility index (Phi) is 4.97. The van der Waals surface area contributed by atoms with Crippen molar-refractivity contribution in [2.75, 3.05) is 31.0 Å². The minimum Gasteiger partial charge on any atom is -0.493 e. The zero-order valence-corrected chi connectivity index (χ0v) is 15.8. The molecule has 1 aromatic heterocycles. The molecule has 0 unspecified atom stereocenters. The van der Waals surface area contributed by atoms with Crippen LogP contribution in [0, 0.1) is 5.82 Å². The first-order chi connectivity index (χ1) is 13.7. The molecule has 0 fully saturated rings. The molecule has 0 saturated heterocycles. The quantitative estimate of drug-likeness (QED) is 0.724. The Labute approximate surface area is 163 Å². The maximum atomic E-state index is 13.4. The molecule has 0 atom stereocenters. The molecule has 7 heteroatoms. The largest absolute Gasteiger partial charge is 0.493 e. The number of anilines is 3. The van der Waals surface area contributed by atoms with E-state index in [2.05, 4.69) is 20.2 Å². The van der Waals surface area contributed by atoms with Gasteiger partial charge in [0.25, 0.3) is 0 Å². The second kappa shape index (κ2) is 7.72. The second-order valence-corrected chi connectivity index (χ2v) is 6.54. The molecular weight excluding hydrogens is 359 g/mol. The van der Waals surface area contributed by atoms with Crippen LogP contribution in [0.1, 0.15) is 11.1 Å². The number of halogens is 1. The van der Waals surface area contributed by atoms with Crippen molar-refractivity contribution in [1.82, 2.24) is 9.97 Å². The van der Waals surface area contributed by atoms with E-state index in [1.165, 1.54) is 29.6 Å². The summed E-state index contributed by atoms with van der Waals surface area (Å²) in [5, 5.41) is 3.12. The van der Waals surface area contributed by atoms with Gasteiger partial charge in [-0.1, -0.05) is 6.07 Å². The van der Waals surface area contributed by atoms with E-state index in [0.29, 0.717) is 18.1 Å². The number of ether oxygens (including phenoxy) is 2. The zero-order valence-electron chi connectivity index (χ0n) is 15.8. The van der Waals surface area contributed by atoms with Crippen molar-refractivity contribution in [2.45, 2.75) is 13.0 Å². The Bertz CT molecular complexity index is 996. The number of methoxy groups -OCH3 is 2.